The van der Waals surface area contributed by atoms with E-state index in [1.807, 2.05) is 24.4 Å². The van der Waals surface area contributed by atoms with E-state index in [4.69, 9.17) is 5.11 Å². The molecule has 1 aromatic rings. The first-order valence-corrected chi connectivity index (χ1v) is 6.49. The molecule has 0 saturated carbocycles. The van der Waals surface area contributed by atoms with Gasteiger partial charge in [0.05, 0.1) is 12.3 Å². The summed E-state index contributed by atoms with van der Waals surface area (Å²) in [6.45, 7) is 2.79. The van der Waals surface area contributed by atoms with Gasteiger partial charge in [-0.1, -0.05) is 13.0 Å². The summed E-state index contributed by atoms with van der Waals surface area (Å²) in [5, 5.41) is 10.9. The smallest absolute Gasteiger partial charge is 0.308 e. The number of hydrogen-bond donors (Lipinski definition) is 1. The van der Waals surface area contributed by atoms with Crippen molar-refractivity contribution in [2.24, 2.45) is 11.8 Å². The summed E-state index contributed by atoms with van der Waals surface area (Å²) in [4.78, 5) is 25.6. The van der Waals surface area contributed by atoms with Crippen LogP contribution in [-0.4, -0.2) is 35.0 Å². The third-order valence-corrected chi connectivity index (χ3v) is 4.06. The molecule has 1 aromatic heterocycles. The van der Waals surface area contributed by atoms with Crippen molar-refractivity contribution in [1.82, 2.24) is 4.90 Å². The van der Waals surface area contributed by atoms with Gasteiger partial charge in [0.25, 0.3) is 0 Å². The number of likely N-dealkylation sites (tertiary alicyclic amines) is 1. The van der Waals surface area contributed by atoms with Crippen LogP contribution in [0.25, 0.3) is 0 Å². The molecule has 1 aliphatic rings. The standard InChI is InChI=1S/C12H15NO3S/c1-8-6-13(7-10(8)12(15)16)11(14)5-9-3-2-4-17-9/h2-4,8,10H,5-7H2,1H3,(H,15,16)/t8-,10-/m1/s1. The van der Waals surface area contributed by atoms with Crippen molar-refractivity contribution in [3.63, 3.8) is 0 Å². The fourth-order valence-electron chi connectivity index (χ4n) is 2.17. The molecule has 2 atom stereocenters. The van der Waals surface area contributed by atoms with Crippen LogP contribution >= 0.6 is 11.3 Å². The lowest BCUT2D eigenvalue weighted by Crippen LogP contribution is -2.30. The van der Waals surface area contributed by atoms with Crippen molar-refractivity contribution < 1.29 is 14.7 Å². The highest BCUT2D eigenvalue weighted by molar-refractivity contribution is 7.10. The lowest BCUT2D eigenvalue weighted by atomic mass is 9.99. The van der Waals surface area contributed by atoms with E-state index in [0.717, 1.165) is 4.88 Å². The molecule has 0 radical (unpaired) electrons. The lowest BCUT2D eigenvalue weighted by Gasteiger charge is -2.15. The molecule has 0 unspecified atom stereocenters. The first kappa shape index (κ1) is 12.1. The zero-order valence-electron chi connectivity index (χ0n) is 9.63. The van der Waals surface area contributed by atoms with E-state index in [1.54, 1.807) is 16.2 Å². The second-order valence-corrected chi connectivity index (χ2v) is 5.51. The maximum atomic E-state index is 12.0. The van der Waals surface area contributed by atoms with E-state index in [9.17, 15) is 9.59 Å². The number of rotatable bonds is 3. The van der Waals surface area contributed by atoms with Crippen molar-refractivity contribution >= 4 is 23.2 Å². The Morgan fingerprint density at radius 1 is 1.53 bits per heavy atom. The maximum Gasteiger partial charge on any atom is 0.308 e. The number of carbonyl (C=O) groups is 2. The van der Waals surface area contributed by atoms with Gasteiger partial charge in [0.2, 0.25) is 5.91 Å². The summed E-state index contributed by atoms with van der Waals surface area (Å²) in [6, 6.07) is 3.84. The molecule has 4 nitrogen and oxygen atoms in total. The van der Waals surface area contributed by atoms with Crippen LogP contribution < -0.4 is 0 Å². The first-order valence-electron chi connectivity index (χ1n) is 5.61. The highest BCUT2D eigenvalue weighted by atomic mass is 32.1. The molecular formula is C12H15NO3S. The van der Waals surface area contributed by atoms with Gasteiger partial charge in [0.15, 0.2) is 0 Å². The van der Waals surface area contributed by atoms with Gasteiger partial charge in [-0.3, -0.25) is 9.59 Å². The van der Waals surface area contributed by atoms with Gasteiger partial charge in [0.1, 0.15) is 0 Å². The number of aliphatic carboxylic acids is 1. The van der Waals surface area contributed by atoms with Gasteiger partial charge in [-0.15, -0.1) is 11.3 Å². The van der Waals surface area contributed by atoms with Crippen LogP contribution in [0, 0.1) is 11.8 Å². The average Bonchev–Trinajstić information content (AvgIpc) is 2.86. The van der Waals surface area contributed by atoms with E-state index in [1.165, 1.54) is 0 Å². The largest absolute Gasteiger partial charge is 0.481 e. The molecular weight excluding hydrogens is 238 g/mol. The Hall–Kier alpha value is -1.36. The van der Waals surface area contributed by atoms with Gasteiger partial charge >= 0.3 is 5.97 Å². The molecule has 1 saturated heterocycles. The summed E-state index contributed by atoms with van der Waals surface area (Å²) >= 11 is 1.55. The van der Waals surface area contributed by atoms with Gasteiger partial charge in [0, 0.05) is 18.0 Å². The molecule has 92 valence electrons. The Labute approximate surface area is 104 Å². The van der Waals surface area contributed by atoms with Gasteiger partial charge < -0.3 is 10.0 Å². The fraction of sp³-hybridized carbons (Fsp3) is 0.500. The zero-order chi connectivity index (χ0) is 12.4. The molecule has 1 N–H and O–H groups in total. The molecule has 0 aliphatic carbocycles. The Balaban J connectivity index is 1.96. The Morgan fingerprint density at radius 2 is 2.29 bits per heavy atom. The Morgan fingerprint density at radius 3 is 2.82 bits per heavy atom. The van der Waals surface area contributed by atoms with E-state index in [0.29, 0.717) is 19.5 Å². The normalized spacial score (nSPS) is 23.9. The monoisotopic (exact) mass is 253 g/mol. The topological polar surface area (TPSA) is 57.6 Å². The first-order chi connectivity index (χ1) is 8.08. The third-order valence-electron chi connectivity index (χ3n) is 3.19. The Kier molecular flexibility index (Phi) is 3.47. The molecule has 1 amide bonds. The van der Waals surface area contributed by atoms with Crippen molar-refractivity contribution in [3.8, 4) is 0 Å². The van der Waals surface area contributed by atoms with Crippen LogP contribution in [0.15, 0.2) is 17.5 Å². The number of amides is 1. The average molecular weight is 253 g/mol. The maximum absolute atomic E-state index is 12.0. The fourth-order valence-corrected chi connectivity index (χ4v) is 2.86. The SMILES string of the molecule is C[C@@H]1CN(C(=O)Cc2cccs2)C[C@H]1C(=O)O. The minimum absolute atomic E-state index is 0.0306. The number of carboxylic acid groups (broad SMARTS) is 1. The van der Waals surface area contributed by atoms with Crippen molar-refractivity contribution in [3.05, 3.63) is 22.4 Å². The van der Waals surface area contributed by atoms with Gasteiger partial charge in [-0.2, -0.15) is 0 Å². The molecule has 5 heteroatoms. The molecule has 17 heavy (non-hydrogen) atoms. The number of thiophene rings is 1. The van der Waals surface area contributed by atoms with Gasteiger partial charge in [-0.25, -0.2) is 0 Å². The summed E-state index contributed by atoms with van der Waals surface area (Å²) in [7, 11) is 0. The number of carbonyl (C=O) groups excluding carboxylic acids is 1. The van der Waals surface area contributed by atoms with Crippen molar-refractivity contribution in [2.45, 2.75) is 13.3 Å². The third kappa shape index (κ3) is 2.66. The van der Waals surface area contributed by atoms with Crippen LogP contribution in [0.3, 0.4) is 0 Å². The summed E-state index contributed by atoms with van der Waals surface area (Å²) in [5.74, 6) is -1.14. The van der Waals surface area contributed by atoms with Crippen LogP contribution in [0.4, 0.5) is 0 Å². The van der Waals surface area contributed by atoms with Crippen LogP contribution in [0.5, 0.6) is 0 Å². The van der Waals surface area contributed by atoms with Crippen molar-refractivity contribution in [2.75, 3.05) is 13.1 Å². The van der Waals surface area contributed by atoms with Gasteiger partial charge in [-0.05, 0) is 17.4 Å². The predicted molar refractivity (Wildman–Crippen MR) is 64.9 cm³/mol. The highest BCUT2D eigenvalue weighted by Crippen LogP contribution is 2.24. The zero-order valence-corrected chi connectivity index (χ0v) is 10.4. The van der Waals surface area contributed by atoms with Crippen LogP contribution in [0.2, 0.25) is 0 Å². The summed E-state index contributed by atoms with van der Waals surface area (Å²) < 4.78 is 0. The van der Waals surface area contributed by atoms with Crippen LogP contribution in [0.1, 0.15) is 11.8 Å². The molecule has 2 heterocycles. The Bertz CT molecular complexity index is 415. The number of carboxylic acids is 1. The predicted octanol–water partition coefficient (Wildman–Crippen LogP) is 1.47. The minimum atomic E-state index is -0.802. The van der Waals surface area contributed by atoms with E-state index in [-0.39, 0.29) is 11.8 Å². The van der Waals surface area contributed by atoms with E-state index >= 15 is 0 Å². The second-order valence-electron chi connectivity index (χ2n) is 4.48. The number of hydrogen-bond acceptors (Lipinski definition) is 3. The molecule has 0 bridgehead atoms. The van der Waals surface area contributed by atoms with E-state index < -0.39 is 11.9 Å². The lowest BCUT2D eigenvalue weighted by molar-refractivity contribution is -0.142. The quantitative estimate of drug-likeness (QED) is 0.887. The van der Waals surface area contributed by atoms with E-state index in [2.05, 4.69) is 0 Å². The molecule has 1 aliphatic heterocycles. The number of nitrogens with zero attached hydrogens (tertiary/aromatic N) is 1. The molecule has 0 aromatic carbocycles. The van der Waals surface area contributed by atoms with Crippen molar-refractivity contribution in [1.29, 1.82) is 0 Å². The molecule has 1 fully saturated rings. The highest BCUT2D eigenvalue weighted by Gasteiger charge is 2.36. The minimum Gasteiger partial charge on any atom is -0.481 e. The summed E-state index contributed by atoms with van der Waals surface area (Å²) in [6.07, 6.45) is 0.386. The molecule has 2 rings (SSSR count). The molecule has 0 spiro atoms. The summed E-state index contributed by atoms with van der Waals surface area (Å²) in [5.41, 5.74) is 0. The van der Waals surface area contributed by atoms with Crippen LogP contribution in [-0.2, 0) is 16.0 Å². The second kappa shape index (κ2) is 4.87.